The Labute approximate surface area is 113 Å². The molecule has 1 aromatic rings. The third-order valence-corrected chi connectivity index (χ3v) is 3.65. The number of rotatable bonds is 4. The highest BCUT2D eigenvalue weighted by molar-refractivity contribution is 5.86. The van der Waals surface area contributed by atoms with Crippen LogP contribution in [0, 0.1) is 5.92 Å². The first-order valence-electron chi connectivity index (χ1n) is 6.74. The summed E-state index contributed by atoms with van der Waals surface area (Å²) >= 11 is 0. The smallest absolute Gasteiger partial charge is 0.373 e. The molecule has 0 saturated heterocycles. The summed E-state index contributed by atoms with van der Waals surface area (Å²) in [5.74, 6) is 0.734. The molecule has 0 bridgehead atoms. The SMILES string of the molecule is COC(=O)c1ccc(C=C(CO)C2CCCCC2)o1. The van der Waals surface area contributed by atoms with Gasteiger partial charge in [0.1, 0.15) is 5.76 Å². The highest BCUT2D eigenvalue weighted by Crippen LogP contribution is 2.30. The Morgan fingerprint density at radius 2 is 2.16 bits per heavy atom. The van der Waals surface area contributed by atoms with Crippen LogP contribution in [0.3, 0.4) is 0 Å². The van der Waals surface area contributed by atoms with Crippen LogP contribution in [0.4, 0.5) is 0 Å². The first kappa shape index (κ1) is 13.9. The summed E-state index contributed by atoms with van der Waals surface area (Å²) in [6.07, 6.45) is 7.81. The van der Waals surface area contributed by atoms with Crippen LogP contribution in [0.5, 0.6) is 0 Å². The molecular weight excluding hydrogens is 244 g/mol. The highest BCUT2D eigenvalue weighted by Gasteiger charge is 2.18. The van der Waals surface area contributed by atoms with E-state index in [0.29, 0.717) is 11.7 Å². The van der Waals surface area contributed by atoms with Gasteiger partial charge in [0.05, 0.1) is 13.7 Å². The van der Waals surface area contributed by atoms with Crippen molar-refractivity contribution in [1.29, 1.82) is 0 Å². The average molecular weight is 264 g/mol. The molecule has 2 rings (SSSR count). The molecule has 1 heterocycles. The predicted molar refractivity (Wildman–Crippen MR) is 71.7 cm³/mol. The maximum atomic E-state index is 11.3. The van der Waals surface area contributed by atoms with Gasteiger partial charge in [-0.25, -0.2) is 4.79 Å². The lowest BCUT2D eigenvalue weighted by Gasteiger charge is -2.23. The van der Waals surface area contributed by atoms with Crippen molar-refractivity contribution in [2.45, 2.75) is 32.1 Å². The fourth-order valence-corrected chi connectivity index (χ4v) is 2.59. The molecule has 1 aromatic heterocycles. The normalized spacial score (nSPS) is 17.5. The van der Waals surface area contributed by atoms with Gasteiger partial charge in [0, 0.05) is 0 Å². The topological polar surface area (TPSA) is 59.7 Å². The molecule has 1 saturated carbocycles. The Morgan fingerprint density at radius 1 is 1.42 bits per heavy atom. The van der Waals surface area contributed by atoms with E-state index in [1.807, 2.05) is 6.08 Å². The largest absolute Gasteiger partial charge is 0.463 e. The summed E-state index contributed by atoms with van der Waals surface area (Å²) in [6, 6.07) is 3.32. The Kier molecular flexibility index (Phi) is 4.80. The zero-order valence-corrected chi connectivity index (χ0v) is 11.2. The van der Waals surface area contributed by atoms with Crippen LogP contribution in [0.15, 0.2) is 22.1 Å². The van der Waals surface area contributed by atoms with E-state index in [0.717, 1.165) is 18.4 Å². The van der Waals surface area contributed by atoms with Gasteiger partial charge in [0.2, 0.25) is 5.76 Å². The zero-order chi connectivity index (χ0) is 13.7. The van der Waals surface area contributed by atoms with E-state index in [4.69, 9.17) is 4.42 Å². The standard InChI is InChI=1S/C15H20O4/c1-18-15(17)14-8-7-13(19-14)9-12(10-16)11-5-3-2-4-6-11/h7-9,11,16H,2-6,10H2,1H3. The second-order valence-electron chi connectivity index (χ2n) is 4.91. The Hall–Kier alpha value is -1.55. The number of carbonyl (C=O) groups excluding carboxylic acids is 1. The summed E-state index contributed by atoms with van der Waals surface area (Å²) in [6.45, 7) is 0.0406. The number of carbonyl (C=O) groups is 1. The van der Waals surface area contributed by atoms with Crippen molar-refractivity contribution in [1.82, 2.24) is 0 Å². The van der Waals surface area contributed by atoms with E-state index in [9.17, 15) is 9.90 Å². The molecule has 4 heteroatoms. The molecule has 0 aromatic carbocycles. The summed E-state index contributed by atoms with van der Waals surface area (Å²) in [7, 11) is 1.32. The summed E-state index contributed by atoms with van der Waals surface area (Å²) in [5.41, 5.74) is 0.991. The lowest BCUT2D eigenvalue weighted by atomic mass is 9.83. The molecule has 0 spiro atoms. The van der Waals surface area contributed by atoms with Crippen molar-refractivity contribution in [3.8, 4) is 0 Å². The van der Waals surface area contributed by atoms with E-state index in [2.05, 4.69) is 4.74 Å². The van der Waals surface area contributed by atoms with Gasteiger partial charge in [-0.3, -0.25) is 0 Å². The molecule has 0 aliphatic heterocycles. The molecule has 1 fully saturated rings. The maximum Gasteiger partial charge on any atom is 0.373 e. The van der Waals surface area contributed by atoms with E-state index >= 15 is 0 Å². The third kappa shape index (κ3) is 3.47. The van der Waals surface area contributed by atoms with Crippen molar-refractivity contribution in [3.63, 3.8) is 0 Å². The van der Waals surface area contributed by atoms with E-state index < -0.39 is 5.97 Å². The van der Waals surface area contributed by atoms with Crippen molar-refractivity contribution < 1.29 is 19.1 Å². The number of aliphatic hydroxyl groups excluding tert-OH is 1. The second-order valence-corrected chi connectivity index (χ2v) is 4.91. The molecule has 1 aliphatic rings. The number of furan rings is 1. The molecule has 0 atom stereocenters. The molecule has 4 nitrogen and oxygen atoms in total. The van der Waals surface area contributed by atoms with Crippen LogP contribution in [0.1, 0.15) is 48.4 Å². The zero-order valence-electron chi connectivity index (χ0n) is 11.2. The Balaban J connectivity index is 2.12. The van der Waals surface area contributed by atoms with E-state index in [1.54, 1.807) is 12.1 Å². The van der Waals surface area contributed by atoms with Crippen molar-refractivity contribution in [3.05, 3.63) is 29.2 Å². The number of hydrogen-bond acceptors (Lipinski definition) is 4. The molecular formula is C15H20O4. The molecule has 0 unspecified atom stereocenters. The third-order valence-electron chi connectivity index (χ3n) is 3.65. The van der Waals surface area contributed by atoms with Crippen molar-refractivity contribution in [2.24, 2.45) is 5.92 Å². The molecule has 1 aliphatic carbocycles. The van der Waals surface area contributed by atoms with Crippen molar-refractivity contribution in [2.75, 3.05) is 13.7 Å². The van der Waals surface area contributed by atoms with Gasteiger partial charge < -0.3 is 14.3 Å². The first-order valence-corrected chi connectivity index (χ1v) is 6.74. The van der Waals surface area contributed by atoms with E-state index in [-0.39, 0.29) is 12.4 Å². The summed E-state index contributed by atoms with van der Waals surface area (Å²) in [4.78, 5) is 11.3. The summed E-state index contributed by atoms with van der Waals surface area (Å²) < 4.78 is 9.99. The predicted octanol–water partition coefficient (Wildman–Crippen LogP) is 3.02. The Bertz CT molecular complexity index is 452. The van der Waals surface area contributed by atoms with Crippen molar-refractivity contribution >= 4 is 12.0 Å². The van der Waals surface area contributed by atoms with Gasteiger partial charge in [-0.05, 0) is 42.5 Å². The van der Waals surface area contributed by atoms with Crippen LogP contribution in [0.25, 0.3) is 6.08 Å². The monoisotopic (exact) mass is 264 g/mol. The lowest BCUT2D eigenvalue weighted by Crippen LogP contribution is -2.11. The molecule has 104 valence electrons. The molecule has 0 amide bonds. The number of aliphatic hydroxyl groups is 1. The number of methoxy groups -OCH3 is 1. The van der Waals surface area contributed by atoms with Crippen LogP contribution in [-0.2, 0) is 4.74 Å². The van der Waals surface area contributed by atoms with Gasteiger partial charge >= 0.3 is 5.97 Å². The lowest BCUT2D eigenvalue weighted by molar-refractivity contribution is 0.0564. The van der Waals surface area contributed by atoms with Crippen LogP contribution in [-0.4, -0.2) is 24.8 Å². The van der Waals surface area contributed by atoms with Crippen LogP contribution in [0.2, 0.25) is 0 Å². The number of ether oxygens (including phenoxy) is 1. The molecule has 1 N–H and O–H groups in total. The Morgan fingerprint density at radius 3 is 2.79 bits per heavy atom. The molecule has 19 heavy (non-hydrogen) atoms. The second kappa shape index (κ2) is 6.57. The quantitative estimate of drug-likeness (QED) is 0.849. The molecule has 0 radical (unpaired) electrons. The van der Waals surface area contributed by atoms with Gasteiger partial charge in [-0.1, -0.05) is 19.3 Å². The fraction of sp³-hybridized carbons (Fsp3) is 0.533. The maximum absolute atomic E-state index is 11.3. The minimum Gasteiger partial charge on any atom is -0.463 e. The number of hydrogen-bond donors (Lipinski definition) is 1. The average Bonchev–Trinajstić information content (AvgIpc) is 2.93. The summed E-state index contributed by atoms with van der Waals surface area (Å²) in [5, 5.41) is 9.50. The van der Waals surface area contributed by atoms with Crippen LogP contribution >= 0.6 is 0 Å². The minimum atomic E-state index is -0.483. The highest BCUT2D eigenvalue weighted by atomic mass is 16.5. The van der Waals surface area contributed by atoms with E-state index in [1.165, 1.54) is 26.4 Å². The van der Waals surface area contributed by atoms with Gasteiger partial charge in [-0.15, -0.1) is 0 Å². The van der Waals surface area contributed by atoms with Crippen LogP contribution < -0.4 is 0 Å². The first-order chi connectivity index (χ1) is 9.24. The van der Waals surface area contributed by atoms with Gasteiger partial charge in [0.25, 0.3) is 0 Å². The number of esters is 1. The van der Waals surface area contributed by atoms with Gasteiger partial charge in [-0.2, -0.15) is 0 Å². The fourth-order valence-electron chi connectivity index (χ4n) is 2.59. The minimum absolute atomic E-state index is 0.0406. The van der Waals surface area contributed by atoms with Gasteiger partial charge in [0.15, 0.2) is 0 Å².